The molecular weight excluding hydrogens is 341 g/mol. The van der Waals surface area contributed by atoms with E-state index < -0.39 is 12.8 Å². The summed E-state index contributed by atoms with van der Waals surface area (Å²) < 4.78 is 47.7. The number of thiophene rings is 1. The predicted molar refractivity (Wildman–Crippen MR) is 85.0 cm³/mol. The molecule has 3 aromatic rings. The molecule has 0 aliphatic heterocycles. The molecule has 0 N–H and O–H groups in total. The zero-order valence-electron chi connectivity index (χ0n) is 12.8. The van der Waals surface area contributed by atoms with E-state index >= 15 is 0 Å². The summed E-state index contributed by atoms with van der Waals surface area (Å²) in [5.74, 6) is 0.473. The SMILES string of the molecule is Cc1sc2ncnc(Oc3ccccc3OCC(F)(F)F)c2c1C. The van der Waals surface area contributed by atoms with Crippen LogP contribution in [0.5, 0.6) is 17.4 Å². The number of aryl methyl sites for hydroxylation is 2. The van der Waals surface area contributed by atoms with E-state index in [4.69, 9.17) is 9.47 Å². The molecule has 0 atom stereocenters. The van der Waals surface area contributed by atoms with Crippen molar-refractivity contribution in [1.82, 2.24) is 9.97 Å². The van der Waals surface area contributed by atoms with E-state index in [0.717, 1.165) is 20.7 Å². The van der Waals surface area contributed by atoms with Gasteiger partial charge in [0.15, 0.2) is 18.1 Å². The highest BCUT2D eigenvalue weighted by atomic mass is 32.1. The fraction of sp³-hybridized carbons (Fsp3) is 0.250. The summed E-state index contributed by atoms with van der Waals surface area (Å²) in [6, 6.07) is 6.19. The van der Waals surface area contributed by atoms with Crippen molar-refractivity contribution in [3.63, 3.8) is 0 Å². The Morgan fingerprint density at radius 1 is 1.08 bits per heavy atom. The van der Waals surface area contributed by atoms with Gasteiger partial charge in [-0.3, -0.25) is 0 Å². The van der Waals surface area contributed by atoms with Crippen LogP contribution >= 0.6 is 11.3 Å². The maximum Gasteiger partial charge on any atom is 0.422 e. The molecule has 1 aromatic carbocycles. The van der Waals surface area contributed by atoms with E-state index in [1.165, 1.54) is 29.8 Å². The Balaban J connectivity index is 1.95. The third-order valence-electron chi connectivity index (χ3n) is 3.38. The molecule has 126 valence electrons. The van der Waals surface area contributed by atoms with Gasteiger partial charge in [0.1, 0.15) is 11.2 Å². The Labute approximate surface area is 139 Å². The second-order valence-corrected chi connectivity index (χ2v) is 6.30. The number of nitrogens with zero attached hydrogens (tertiary/aromatic N) is 2. The van der Waals surface area contributed by atoms with Crippen molar-refractivity contribution in [2.24, 2.45) is 0 Å². The summed E-state index contributed by atoms with van der Waals surface area (Å²) in [7, 11) is 0. The van der Waals surface area contributed by atoms with Gasteiger partial charge in [-0.25, -0.2) is 9.97 Å². The molecule has 4 nitrogen and oxygen atoms in total. The van der Waals surface area contributed by atoms with Crippen LogP contribution in [-0.4, -0.2) is 22.8 Å². The summed E-state index contributed by atoms with van der Waals surface area (Å²) in [5, 5.41) is 0.755. The molecule has 24 heavy (non-hydrogen) atoms. The largest absolute Gasteiger partial charge is 0.480 e. The Hall–Kier alpha value is -2.35. The molecule has 0 unspecified atom stereocenters. The zero-order valence-corrected chi connectivity index (χ0v) is 13.7. The van der Waals surface area contributed by atoms with Crippen molar-refractivity contribution in [3.05, 3.63) is 41.0 Å². The summed E-state index contributed by atoms with van der Waals surface area (Å²) in [4.78, 5) is 10.2. The lowest BCUT2D eigenvalue weighted by Crippen LogP contribution is -2.19. The molecule has 0 aliphatic carbocycles. The lowest BCUT2D eigenvalue weighted by atomic mass is 10.2. The monoisotopic (exact) mass is 354 g/mol. The van der Waals surface area contributed by atoms with Crippen molar-refractivity contribution in [2.45, 2.75) is 20.0 Å². The minimum absolute atomic E-state index is 0.00573. The van der Waals surface area contributed by atoms with E-state index in [0.29, 0.717) is 5.88 Å². The highest BCUT2D eigenvalue weighted by Crippen LogP contribution is 2.38. The highest BCUT2D eigenvalue weighted by Gasteiger charge is 2.29. The fourth-order valence-corrected chi connectivity index (χ4v) is 3.13. The summed E-state index contributed by atoms with van der Waals surface area (Å²) in [6.45, 7) is 2.51. The maximum atomic E-state index is 12.4. The van der Waals surface area contributed by atoms with Gasteiger partial charge in [0.25, 0.3) is 0 Å². The number of rotatable bonds is 4. The van der Waals surface area contributed by atoms with Gasteiger partial charge in [0.05, 0.1) is 5.39 Å². The number of para-hydroxylation sites is 2. The number of aromatic nitrogens is 2. The van der Waals surface area contributed by atoms with E-state index in [9.17, 15) is 13.2 Å². The van der Waals surface area contributed by atoms with Gasteiger partial charge in [0.2, 0.25) is 5.88 Å². The first-order valence-electron chi connectivity index (χ1n) is 7.02. The molecule has 0 spiro atoms. The molecule has 2 aromatic heterocycles. The smallest absolute Gasteiger partial charge is 0.422 e. The standard InChI is InChI=1S/C16H13F3N2O2S/c1-9-10(2)24-15-13(9)14(20-8-21-15)23-12-6-4-3-5-11(12)22-7-16(17,18)19/h3-6,8H,7H2,1-2H3. The number of alkyl halides is 3. The number of fused-ring (bicyclic) bond motifs is 1. The predicted octanol–water partition coefficient (Wildman–Crippen LogP) is 5.04. The van der Waals surface area contributed by atoms with Crippen LogP contribution in [0.2, 0.25) is 0 Å². The van der Waals surface area contributed by atoms with Crippen molar-refractivity contribution in [3.8, 4) is 17.4 Å². The number of ether oxygens (including phenoxy) is 2. The summed E-state index contributed by atoms with van der Waals surface area (Å²) in [6.07, 6.45) is -3.05. The number of hydrogen-bond donors (Lipinski definition) is 0. The second-order valence-electron chi connectivity index (χ2n) is 5.09. The average Bonchev–Trinajstić information content (AvgIpc) is 2.81. The third-order valence-corrected chi connectivity index (χ3v) is 4.49. The van der Waals surface area contributed by atoms with Crippen LogP contribution in [0, 0.1) is 13.8 Å². The molecule has 0 bridgehead atoms. The van der Waals surface area contributed by atoms with Crippen LogP contribution in [0.3, 0.4) is 0 Å². The van der Waals surface area contributed by atoms with E-state index in [-0.39, 0.29) is 11.5 Å². The third kappa shape index (κ3) is 3.43. The average molecular weight is 354 g/mol. The normalized spacial score (nSPS) is 11.7. The maximum absolute atomic E-state index is 12.4. The van der Waals surface area contributed by atoms with Crippen LogP contribution in [-0.2, 0) is 0 Å². The van der Waals surface area contributed by atoms with Crippen molar-refractivity contribution < 1.29 is 22.6 Å². The molecular formula is C16H13F3N2O2S. The van der Waals surface area contributed by atoms with Gasteiger partial charge in [-0.1, -0.05) is 12.1 Å². The van der Waals surface area contributed by atoms with Gasteiger partial charge < -0.3 is 9.47 Å². The van der Waals surface area contributed by atoms with Gasteiger partial charge in [-0.2, -0.15) is 13.2 Å². The van der Waals surface area contributed by atoms with Crippen LogP contribution in [0.25, 0.3) is 10.2 Å². The lowest BCUT2D eigenvalue weighted by Gasteiger charge is -2.13. The Bertz CT molecular complexity index is 877. The number of hydrogen-bond acceptors (Lipinski definition) is 5. The molecule has 0 radical (unpaired) electrons. The van der Waals surface area contributed by atoms with Crippen LogP contribution in [0.1, 0.15) is 10.4 Å². The molecule has 0 saturated heterocycles. The van der Waals surface area contributed by atoms with Crippen molar-refractivity contribution in [1.29, 1.82) is 0 Å². The minimum atomic E-state index is -4.42. The van der Waals surface area contributed by atoms with E-state index in [2.05, 4.69) is 9.97 Å². The topological polar surface area (TPSA) is 44.2 Å². The zero-order chi connectivity index (χ0) is 17.3. The van der Waals surface area contributed by atoms with Crippen molar-refractivity contribution >= 4 is 21.6 Å². The van der Waals surface area contributed by atoms with Crippen molar-refractivity contribution in [2.75, 3.05) is 6.61 Å². The van der Waals surface area contributed by atoms with E-state index in [1.54, 1.807) is 12.1 Å². The van der Waals surface area contributed by atoms with Gasteiger partial charge in [0, 0.05) is 4.88 Å². The van der Waals surface area contributed by atoms with Crippen LogP contribution < -0.4 is 9.47 Å². The summed E-state index contributed by atoms with van der Waals surface area (Å²) in [5.41, 5.74) is 0.985. The molecule has 0 fully saturated rings. The van der Waals surface area contributed by atoms with E-state index in [1.807, 2.05) is 13.8 Å². The Morgan fingerprint density at radius 3 is 2.50 bits per heavy atom. The molecule has 0 saturated carbocycles. The Kier molecular flexibility index (Phi) is 4.31. The quantitative estimate of drug-likeness (QED) is 0.658. The van der Waals surface area contributed by atoms with Crippen LogP contribution in [0.4, 0.5) is 13.2 Å². The molecule has 8 heteroatoms. The first kappa shape index (κ1) is 16.5. The highest BCUT2D eigenvalue weighted by molar-refractivity contribution is 7.18. The number of benzene rings is 1. The molecule has 2 heterocycles. The van der Waals surface area contributed by atoms with Crippen LogP contribution in [0.15, 0.2) is 30.6 Å². The lowest BCUT2D eigenvalue weighted by molar-refractivity contribution is -0.153. The number of halogens is 3. The fourth-order valence-electron chi connectivity index (χ4n) is 2.14. The first-order valence-corrected chi connectivity index (χ1v) is 7.84. The first-order chi connectivity index (χ1) is 11.3. The molecule has 3 rings (SSSR count). The van der Waals surface area contributed by atoms with Gasteiger partial charge >= 0.3 is 6.18 Å². The summed E-state index contributed by atoms with van der Waals surface area (Å²) >= 11 is 1.51. The van der Waals surface area contributed by atoms with Gasteiger partial charge in [-0.15, -0.1) is 11.3 Å². The Morgan fingerprint density at radius 2 is 1.79 bits per heavy atom. The minimum Gasteiger partial charge on any atom is -0.480 e. The molecule has 0 amide bonds. The second kappa shape index (κ2) is 6.27. The van der Waals surface area contributed by atoms with Gasteiger partial charge in [-0.05, 0) is 31.5 Å². The molecule has 0 aliphatic rings.